The van der Waals surface area contributed by atoms with E-state index in [4.69, 9.17) is 0 Å². The minimum atomic E-state index is 1.12. The molecule has 258 valence electrons. The highest BCUT2D eigenvalue weighted by atomic mass is 32.1. The van der Waals surface area contributed by atoms with Gasteiger partial charge in [-0.3, -0.25) is 0 Å². The van der Waals surface area contributed by atoms with Crippen LogP contribution in [0, 0.1) is 0 Å². The Bertz CT molecular complexity index is 3210. The van der Waals surface area contributed by atoms with Crippen LogP contribution in [0.15, 0.2) is 200 Å². The number of anilines is 3. The second-order valence-electron chi connectivity index (χ2n) is 14.0. The van der Waals surface area contributed by atoms with Gasteiger partial charge in [-0.2, -0.15) is 0 Å². The highest BCUT2D eigenvalue weighted by Gasteiger charge is 2.23. The fraction of sp³-hybridized carbons (Fsp3) is 0. The van der Waals surface area contributed by atoms with Crippen LogP contribution in [0.1, 0.15) is 0 Å². The topological polar surface area (TPSA) is 3.24 Å². The average Bonchev–Trinajstić information content (AvgIpc) is 3.83. The van der Waals surface area contributed by atoms with Gasteiger partial charge in [0.2, 0.25) is 0 Å². The maximum absolute atomic E-state index is 2.53. The molecule has 3 heteroatoms. The summed E-state index contributed by atoms with van der Waals surface area (Å²) in [6, 6.07) is 73.5. The third-order valence-corrected chi connectivity index (χ3v) is 13.2. The number of nitrogens with zero attached hydrogens (tertiary/aromatic N) is 1. The van der Waals surface area contributed by atoms with Crippen molar-refractivity contribution in [3.63, 3.8) is 0 Å². The first-order chi connectivity index (χ1) is 27.3. The normalized spacial score (nSPS) is 11.6. The Morgan fingerprint density at radius 1 is 0.309 bits per heavy atom. The van der Waals surface area contributed by atoms with Crippen LogP contribution in [0.25, 0.3) is 84.5 Å². The van der Waals surface area contributed by atoms with Gasteiger partial charge in [0, 0.05) is 51.4 Å². The molecular weight excluding hydrogens is 703 g/mol. The van der Waals surface area contributed by atoms with Crippen molar-refractivity contribution < 1.29 is 0 Å². The van der Waals surface area contributed by atoms with Crippen LogP contribution >= 0.6 is 22.7 Å². The monoisotopic (exact) mass is 735 g/mol. The fourth-order valence-electron chi connectivity index (χ4n) is 8.37. The Morgan fingerprint density at radius 3 is 1.71 bits per heavy atom. The second-order valence-corrected chi connectivity index (χ2v) is 16.2. The summed E-state index contributed by atoms with van der Waals surface area (Å²) in [4.78, 5) is 2.53. The van der Waals surface area contributed by atoms with E-state index in [2.05, 4.69) is 205 Å². The molecule has 0 aliphatic heterocycles. The lowest BCUT2D eigenvalue weighted by molar-refractivity contribution is 1.32. The standard InChI is InChI=1S/C52H33NS2/c1-3-15-34(16-4-1)36-31-37(40-23-13-24-44-43-21-9-11-26-48(43)55-52(40)44)33-38(32-36)53(47-25-14-28-50-51(47)45-22-10-12-27-49(45)54-50)46-30-29-39(35-17-5-2-6-18-35)41-19-7-8-20-42(41)46/h1-33H. The number of rotatable bonds is 6. The molecular formula is C52H33NS2. The van der Waals surface area contributed by atoms with Gasteiger partial charge in [-0.15, -0.1) is 22.7 Å². The van der Waals surface area contributed by atoms with Gasteiger partial charge in [0.1, 0.15) is 0 Å². The van der Waals surface area contributed by atoms with Gasteiger partial charge >= 0.3 is 0 Å². The van der Waals surface area contributed by atoms with E-state index < -0.39 is 0 Å². The van der Waals surface area contributed by atoms with E-state index in [1.54, 1.807) is 0 Å². The quantitative estimate of drug-likeness (QED) is 0.164. The summed E-state index contributed by atoms with van der Waals surface area (Å²) in [6.07, 6.45) is 0. The molecule has 11 rings (SSSR count). The smallest absolute Gasteiger partial charge is 0.0555 e. The minimum absolute atomic E-state index is 1.12. The molecule has 0 saturated carbocycles. The van der Waals surface area contributed by atoms with Gasteiger partial charge in [0.05, 0.1) is 11.4 Å². The minimum Gasteiger partial charge on any atom is -0.309 e. The lowest BCUT2D eigenvalue weighted by atomic mass is 9.94. The van der Waals surface area contributed by atoms with Gasteiger partial charge in [-0.25, -0.2) is 0 Å². The predicted molar refractivity (Wildman–Crippen MR) is 241 cm³/mol. The van der Waals surface area contributed by atoms with E-state index in [0.29, 0.717) is 0 Å². The van der Waals surface area contributed by atoms with Crippen LogP contribution in [0.3, 0.4) is 0 Å². The van der Waals surface area contributed by atoms with E-state index in [0.717, 1.165) is 11.4 Å². The molecule has 0 aliphatic rings. The molecule has 0 radical (unpaired) electrons. The molecule has 0 fully saturated rings. The van der Waals surface area contributed by atoms with Gasteiger partial charge < -0.3 is 4.90 Å². The Balaban J connectivity index is 1.24. The summed E-state index contributed by atoms with van der Waals surface area (Å²) in [6.45, 7) is 0. The molecule has 0 atom stereocenters. The number of hydrogen-bond acceptors (Lipinski definition) is 3. The van der Waals surface area contributed by atoms with Crippen LogP contribution in [0.4, 0.5) is 17.1 Å². The van der Waals surface area contributed by atoms with Crippen LogP contribution in [-0.4, -0.2) is 0 Å². The summed E-state index contributed by atoms with van der Waals surface area (Å²) in [5.41, 5.74) is 10.7. The third kappa shape index (κ3) is 5.35. The van der Waals surface area contributed by atoms with Crippen molar-refractivity contribution in [3.8, 4) is 33.4 Å². The van der Waals surface area contributed by atoms with Crippen LogP contribution in [0.5, 0.6) is 0 Å². The Morgan fingerprint density at radius 2 is 0.909 bits per heavy atom. The molecule has 0 bridgehead atoms. The molecule has 0 unspecified atom stereocenters. The zero-order valence-corrected chi connectivity index (χ0v) is 31.4. The predicted octanol–water partition coefficient (Wildman–Crippen LogP) is 16.0. The zero-order valence-electron chi connectivity index (χ0n) is 29.8. The SMILES string of the molecule is c1ccc(-c2cc(-c3cccc4c3sc3ccccc34)cc(N(c3ccc(-c4ccccc4)c4ccccc34)c3cccc4sc5ccccc5c34)c2)cc1. The molecule has 1 nitrogen and oxygen atoms in total. The van der Waals surface area contributed by atoms with Crippen molar-refractivity contribution in [2.45, 2.75) is 0 Å². The first-order valence-electron chi connectivity index (χ1n) is 18.7. The van der Waals surface area contributed by atoms with Crippen molar-refractivity contribution in [2.75, 3.05) is 4.90 Å². The molecule has 2 heterocycles. The van der Waals surface area contributed by atoms with E-state index in [1.165, 1.54) is 90.2 Å². The zero-order chi connectivity index (χ0) is 36.3. The van der Waals surface area contributed by atoms with Crippen molar-refractivity contribution in [1.29, 1.82) is 0 Å². The second kappa shape index (κ2) is 13.1. The average molecular weight is 736 g/mol. The Labute approximate surface area is 327 Å². The molecule has 9 aromatic carbocycles. The van der Waals surface area contributed by atoms with E-state index in [9.17, 15) is 0 Å². The van der Waals surface area contributed by atoms with Crippen LogP contribution in [-0.2, 0) is 0 Å². The number of fused-ring (bicyclic) bond motifs is 7. The highest BCUT2D eigenvalue weighted by molar-refractivity contribution is 7.26. The molecule has 11 aromatic rings. The molecule has 0 amide bonds. The lowest BCUT2D eigenvalue weighted by Crippen LogP contribution is -2.11. The number of benzene rings is 9. The van der Waals surface area contributed by atoms with E-state index >= 15 is 0 Å². The van der Waals surface area contributed by atoms with Gasteiger partial charge in [0.25, 0.3) is 0 Å². The largest absolute Gasteiger partial charge is 0.309 e. The molecule has 0 aliphatic carbocycles. The van der Waals surface area contributed by atoms with E-state index in [-0.39, 0.29) is 0 Å². The molecule has 55 heavy (non-hydrogen) atoms. The first kappa shape index (κ1) is 32.0. The lowest BCUT2D eigenvalue weighted by Gasteiger charge is -2.29. The maximum Gasteiger partial charge on any atom is 0.0555 e. The van der Waals surface area contributed by atoms with Crippen molar-refractivity contribution >= 4 is 90.9 Å². The maximum atomic E-state index is 2.53. The summed E-state index contributed by atoms with van der Waals surface area (Å²) in [5.74, 6) is 0. The molecule has 0 spiro atoms. The fourth-order valence-corrected chi connectivity index (χ4v) is 10.7. The molecule has 0 N–H and O–H groups in total. The van der Waals surface area contributed by atoms with Crippen LogP contribution < -0.4 is 4.90 Å². The first-order valence-corrected chi connectivity index (χ1v) is 20.3. The number of thiophene rings is 2. The third-order valence-electron chi connectivity index (χ3n) is 10.8. The van der Waals surface area contributed by atoms with E-state index in [1.807, 2.05) is 22.7 Å². The van der Waals surface area contributed by atoms with Gasteiger partial charge in [-0.1, -0.05) is 152 Å². The van der Waals surface area contributed by atoms with Gasteiger partial charge in [0.15, 0.2) is 0 Å². The van der Waals surface area contributed by atoms with Gasteiger partial charge in [-0.05, 0) is 87.3 Å². The Kier molecular flexibility index (Phi) is 7.61. The summed E-state index contributed by atoms with van der Waals surface area (Å²) in [7, 11) is 0. The summed E-state index contributed by atoms with van der Waals surface area (Å²) in [5, 5.41) is 7.61. The highest BCUT2D eigenvalue weighted by Crippen LogP contribution is 2.49. The molecule has 2 aromatic heterocycles. The summed E-state index contributed by atoms with van der Waals surface area (Å²) < 4.78 is 5.20. The summed E-state index contributed by atoms with van der Waals surface area (Å²) >= 11 is 3.75. The van der Waals surface area contributed by atoms with Crippen molar-refractivity contribution in [3.05, 3.63) is 200 Å². The van der Waals surface area contributed by atoms with Crippen molar-refractivity contribution in [1.82, 2.24) is 0 Å². The Hall–Kier alpha value is -6.52. The number of hydrogen-bond donors (Lipinski definition) is 0. The molecule has 0 saturated heterocycles. The van der Waals surface area contributed by atoms with Crippen molar-refractivity contribution in [2.24, 2.45) is 0 Å². The van der Waals surface area contributed by atoms with Crippen LogP contribution in [0.2, 0.25) is 0 Å².